The number of nitrogens with zero attached hydrogens (tertiary/aromatic N) is 2. The summed E-state index contributed by atoms with van der Waals surface area (Å²) >= 11 is 1.63. The largest absolute Gasteiger partial charge is 0.335 e. The fourth-order valence-electron chi connectivity index (χ4n) is 3.92. The quantitative estimate of drug-likeness (QED) is 0.717. The summed E-state index contributed by atoms with van der Waals surface area (Å²) in [7, 11) is -3.50. The molecule has 28 heavy (non-hydrogen) atoms. The number of benzene rings is 1. The van der Waals surface area contributed by atoms with Crippen LogP contribution >= 0.6 is 11.3 Å². The van der Waals surface area contributed by atoms with Gasteiger partial charge in [-0.15, -0.1) is 11.3 Å². The van der Waals surface area contributed by atoms with Crippen LogP contribution in [0.15, 0.2) is 35.2 Å². The van der Waals surface area contributed by atoms with Crippen LogP contribution in [0.4, 0.5) is 0 Å². The maximum Gasteiger partial charge on any atom is 0.264 e. The molecule has 0 unspecified atom stereocenters. The number of sulfonamides is 1. The van der Waals surface area contributed by atoms with Gasteiger partial charge in [-0.3, -0.25) is 4.79 Å². The second-order valence-electron chi connectivity index (χ2n) is 7.63. The highest BCUT2D eigenvalue weighted by atomic mass is 32.2. The first-order chi connectivity index (χ1) is 13.4. The van der Waals surface area contributed by atoms with E-state index < -0.39 is 10.0 Å². The van der Waals surface area contributed by atoms with E-state index in [1.165, 1.54) is 34.0 Å². The number of amides is 1. The van der Waals surface area contributed by atoms with Gasteiger partial charge in [0.2, 0.25) is 10.0 Å². The zero-order valence-electron chi connectivity index (χ0n) is 16.2. The average molecular weight is 419 g/mol. The number of aryl methyl sites for hydroxylation is 3. The van der Waals surface area contributed by atoms with Crippen LogP contribution in [-0.4, -0.2) is 49.7 Å². The van der Waals surface area contributed by atoms with E-state index in [0.717, 1.165) is 23.3 Å². The summed E-state index contributed by atoms with van der Waals surface area (Å²) in [6, 6.07) is 9.01. The molecule has 1 amide bonds. The summed E-state index contributed by atoms with van der Waals surface area (Å²) in [5.41, 5.74) is 2.37. The van der Waals surface area contributed by atoms with Crippen molar-refractivity contribution in [1.29, 1.82) is 0 Å². The highest BCUT2D eigenvalue weighted by Gasteiger charge is 2.31. The van der Waals surface area contributed by atoms with Gasteiger partial charge < -0.3 is 4.90 Å². The van der Waals surface area contributed by atoms with Crippen molar-refractivity contribution in [3.8, 4) is 0 Å². The molecule has 0 spiro atoms. The summed E-state index contributed by atoms with van der Waals surface area (Å²) in [6.07, 6.45) is 5.82. The zero-order chi connectivity index (χ0) is 19.7. The third kappa shape index (κ3) is 3.88. The smallest absolute Gasteiger partial charge is 0.264 e. The van der Waals surface area contributed by atoms with Crippen molar-refractivity contribution in [3.63, 3.8) is 0 Å². The Hall–Kier alpha value is -1.70. The molecule has 0 atom stereocenters. The predicted octanol–water partition coefficient (Wildman–Crippen LogP) is 3.47. The summed E-state index contributed by atoms with van der Waals surface area (Å²) in [4.78, 5) is 17.2. The summed E-state index contributed by atoms with van der Waals surface area (Å²) in [5.74, 6) is 0.0467. The van der Waals surface area contributed by atoms with Gasteiger partial charge in [-0.25, -0.2) is 8.42 Å². The van der Waals surface area contributed by atoms with Crippen molar-refractivity contribution in [2.24, 2.45) is 0 Å². The van der Waals surface area contributed by atoms with E-state index in [9.17, 15) is 13.2 Å². The van der Waals surface area contributed by atoms with Crippen LogP contribution < -0.4 is 0 Å². The topological polar surface area (TPSA) is 57.7 Å². The molecule has 0 bridgehead atoms. The molecule has 150 valence electrons. The number of hydrogen-bond acceptors (Lipinski definition) is 4. The Morgan fingerprint density at radius 1 is 0.964 bits per heavy atom. The van der Waals surface area contributed by atoms with Crippen molar-refractivity contribution in [3.05, 3.63) is 51.2 Å². The van der Waals surface area contributed by atoms with Gasteiger partial charge in [-0.2, -0.15) is 4.31 Å². The van der Waals surface area contributed by atoms with E-state index in [4.69, 9.17) is 0 Å². The molecule has 2 heterocycles. The zero-order valence-corrected chi connectivity index (χ0v) is 17.8. The Morgan fingerprint density at radius 3 is 2.36 bits per heavy atom. The molecule has 0 radical (unpaired) electrons. The molecule has 2 aliphatic rings. The number of carbonyl (C=O) groups excluding carboxylic acids is 1. The monoisotopic (exact) mass is 418 g/mol. The summed E-state index contributed by atoms with van der Waals surface area (Å²) in [6.45, 7) is 3.49. The molecule has 2 aromatic rings. The van der Waals surface area contributed by atoms with Crippen LogP contribution in [0.5, 0.6) is 0 Å². The standard InChI is InChI=1S/C21H26N2O3S2/c1-16-7-9-18(10-8-16)28(25,26)23-13-11-22(12-14-23)21(24)20-15-17-5-3-2-4-6-19(17)27-20/h7-10,15H,2-6,11-14H2,1H3. The van der Waals surface area contributed by atoms with Crippen molar-refractivity contribution in [2.45, 2.75) is 43.9 Å². The van der Waals surface area contributed by atoms with Crippen LogP contribution in [-0.2, 0) is 22.9 Å². The lowest BCUT2D eigenvalue weighted by molar-refractivity contribution is 0.0702. The molecule has 0 N–H and O–H groups in total. The third-order valence-corrected chi connectivity index (χ3v) is 8.78. The average Bonchev–Trinajstić information content (AvgIpc) is 2.98. The SMILES string of the molecule is Cc1ccc(S(=O)(=O)N2CCN(C(=O)c3cc4c(s3)CCCCC4)CC2)cc1. The van der Waals surface area contributed by atoms with Crippen molar-refractivity contribution in [1.82, 2.24) is 9.21 Å². The van der Waals surface area contributed by atoms with Crippen molar-refractivity contribution >= 4 is 27.3 Å². The second-order valence-corrected chi connectivity index (χ2v) is 10.7. The Labute approximate surface area is 171 Å². The van der Waals surface area contributed by atoms with Gasteiger partial charge in [-0.1, -0.05) is 24.1 Å². The molecule has 1 aliphatic carbocycles. The van der Waals surface area contributed by atoms with Gasteiger partial charge in [0.05, 0.1) is 9.77 Å². The number of fused-ring (bicyclic) bond motifs is 1. The van der Waals surface area contributed by atoms with Gasteiger partial charge >= 0.3 is 0 Å². The first-order valence-electron chi connectivity index (χ1n) is 9.93. The van der Waals surface area contributed by atoms with Crippen molar-refractivity contribution in [2.75, 3.05) is 26.2 Å². The molecule has 1 fully saturated rings. The number of hydrogen-bond donors (Lipinski definition) is 0. The Bertz CT molecular complexity index is 933. The number of rotatable bonds is 3. The van der Waals surface area contributed by atoms with E-state index in [-0.39, 0.29) is 5.91 Å². The maximum atomic E-state index is 12.9. The minimum Gasteiger partial charge on any atom is -0.335 e. The molecular formula is C21H26N2O3S2. The molecule has 1 saturated heterocycles. The minimum absolute atomic E-state index is 0.0467. The van der Waals surface area contributed by atoms with E-state index in [1.54, 1.807) is 28.4 Å². The lowest BCUT2D eigenvalue weighted by atomic mass is 10.1. The number of piperazine rings is 1. The number of carbonyl (C=O) groups is 1. The number of thiophene rings is 1. The molecule has 0 saturated carbocycles. The molecule has 1 aromatic carbocycles. The van der Waals surface area contributed by atoms with Crippen LogP contribution in [0, 0.1) is 6.92 Å². The van der Waals surface area contributed by atoms with Crippen LogP contribution in [0.25, 0.3) is 0 Å². The normalized spacial score (nSPS) is 18.5. The lowest BCUT2D eigenvalue weighted by Crippen LogP contribution is -2.50. The molecule has 1 aromatic heterocycles. The Morgan fingerprint density at radius 2 is 1.64 bits per heavy atom. The van der Waals surface area contributed by atoms with Crippen molar-refractivity contribution < 1.29 is 13.2 Å². The van der Waals surface area contributed by atoms with Gasteiger partial charge in [0.25, 0.3) is 5.91 Å². The first kappa shape index (κ1) is 19.6. The van der Waals surface area contributed by atoms with E-state index >= 15 is 0 Å². The minimum atomic E-state index is -3.50. The fourth-order valence-corrected chi connectivity index (χ4v) is 6.56. The molecular weight excluding hydrogens is 392 g/mol. The van der Waals surface area contributed by atoms with Gasteiger partial charge in [0.15, 0.2) is 0 Å². The third-order valence-electron chi connectivity index (χ3n) is 5.64. The van der Waals surface area contributed by atoms with Gasteiger partial charge in [-0.05, 0) is 56.4 Å². The Balaban J connectivity index is 1.42. The highest BCUT2D eigenvalue weighted by molar-refractivity contribution is 7.89. The molecule has 5 nitrogen and oxygen atoms in total. The van der Waals surface area contributed by atoms with E-state index in [1.807, 2.05) is 19.1 Å². The van der Waals surface area contributed by atoms with Crippen LogP contribution in [0.1, 0.15) is 44.9 Å². The summed E-state index contributed by atoms with van der Waals surface area (Å²) in [5, 5.41) is 0. The summed E-state index contributed by atoms with van der Waals surface area (Å²) < 4.78 is 27.2. The highest BCUT2D eigenvalue weighted by Crippen LogP contribution is 2.30. The van der Waals surface area contributed by atoms with E-state index in [2.05, 4.69) is 6.07 Å². The molecule has 4 rings (SSSR count). The second kappa shape index (κ2) is 7.97. The maximum absolute atomic E-state index is 12.9. The first-order valence-corrected chi connectivity index (χ1v) is 12.2. The van der Waals surface area contributed by atoms with Crippen LogP contribution in [0.3, 0.4) is 0 Å². The fraction of sp³-hybridized carbons (Fsp3) is 0.476. The van der Waals surface area contributed by atoms with Gasteiger partial charge in [0, 0.05) is 31.1 Å². The predicted molar refractivity (Wildman–Crippen MR) is 111 cm³/mol. The van der Waals surface area contributed by atoms with Gasteiger partial charge in [0.1, 0.15) is 0 Å². The Kier molecular flexibility index (Phi) is 5.58. The molecule has 1 aliphatic heterocycles. The van der Waals surface area contributed by atoms with E-state index in [0.29, 0.717) is 31.1 Å². The molecule has 7 heteroatoms. The lowest BCUT2D eigenvalue weighted by Gasteiger charge is -2.33. The van der Waals surface area contributed by atoms with Crippen LogP contribution in [0.2, 0.25) is 0 Å².